The van der Waals surface area contributed by atoms with E-state index in [4.69, 9.17) is 4.74 Å². The van der Waals surface area contributed by atoms with Crippen LogP contribution in [0.1, 0.15) is 25.7 Å². The topological polar surface area (TPSA) is 26.3 Å². The predicted octanol–water partition coefficient (Wildman–Crippen LogP) is 2.77. The Morgan fingerprint density at radius 2 is 2.43 bits per heavy atom. The summed E-state index contributed by atoms with van der Waals surface area (Å²) in [6.45, 7) is 3.81. The molecule has 2 nitrogen and oxygen atoms in total. The van der Waals surface area contributed by atoms with Crippen LogP contribution in [0.5, 0.6) is 0 Å². The molecule has 14 heavy (non-hydrogen) atoms. The number of carbonyl (C=O) groups is 1. The summed E-state index contributed by atoms with van der Waals surface area (Å²) in [5.41, 5.74) is 1.35. The fourth-order valence-electron chi connectivity index (χ4n) is 1.36. The van der Waals surface area contributed by atoms with Gasteiger partial charge in [-0.2, -0.15) is 0 Å². The maximum Gasteiger partial charge on any atom is 0.330 e. The highest BCUT2D eigenvalue weighted by atomic mass is 16.5. The summed E-state index contributed by atoms with van der Waals surface area (Å²) in [7, 11) is 0. The standard InChI is InChI=1S/C12H16O2/c1-2-12(13)14-10-6-9-11-7-4-3-5-8-11/h2,4,7-8H,1,3,5-6,9-10H2. The first-order valence-electron chi connectivity index (χ1n) is 4.97. The monoisotopic (exact) mass is 192 g/mol. The van der Waals surface area contributed by atoms with Gasteiger partial charge in [-0.05, 0) is 25.7 Å². The number of hydrogen-bond donors (Lipinski definition) is 0. The molecule has 0 saturated heterocycles. The van der Waals surface area contributed by atoms with Crippen LogP contribution in [-0.4, -0.2) is 12.6 Å². The number of esters is 1. The van der Waals surface area contributed by atoms with E-state index in [0.29, 0.717) is 6.61 Å². The number of allylic oxidation sites excluding steroid dienone is 4. The van der Waals surface area contributed by atoms with Crippen molar-refractivity contribution in [3.05, 3.63) is 36.5 Å². The maximum absolute atomic E-state index is 10.7. The van der Waals surface area contributed by atoms with E-state index >= 15 is 0 Å². The lowest BCUT2D eigenvalue weighted by atomic mass is 10.0. The predicted molar refractivity (Wildman–Crippen MR) is 56.8 cm³/mol. The summed E-state index contributed by atoms with van der Waals surface area (Å²) < 4.78 is 4.87. The van der Waals surface area contributed by atoms with Crippen LogP contribution >= 0.6 is 0 Å². The first-order chi connectivity index (χ1) is 6.83. The second kappa shape index (κ2) is 6.19. The third-order valence-corrected chi connectivity index (χ3v) is 2.09. The highest BCUT2D eigenvalue weighted by Gasteiger charge is 1.99. The zero-order valence-electron chi connectivity index (χ0n) is 8.37. The van der Waals surface area contributed by atoms with Crippen molar-refractivity contribution in [1.82, 2.24) is 0 Å². The fraction of sp³-hybridized carbons (Fsp3) is 0.417. The molecule has 1 aliphatic carbocycles. The molecule has 0 N–H and O–H groups in total. The molecule has 0 aliphatic heterocycles. The average Bonchev–Trinajstić information content (AvgIpc) is 2.25. The quantitative estimate of drug-likeness (QED) is 0.380. The molecule has 0 amide bonds. The van der Waals surface area contributed by atoms with Crippen molar-refractivity contribution >= 4 is 5.97 Å². The first-order valence-corrected chi connectivity index (χ1v) is 4.97. The maximum atomic E-state index is 10.7. The van der Waals surface area contributed by atoms with E-state index in [1.165, 1.54) is 11.6 Å². The van der Waals surface area contributed by atoms with Crippen molar-refractivity contribution in [2.24, 2.45) is 0 Å². The van der Waals surface area contributed by atoms with Crippen LogP contribution in [-0.2, 0) is 9.53 Å². The minimum Gasteiger partial charge on any atom is -0.463 e. The Balaban J connectivity index is 2.09. The van der Waals surface area contributed by atoms with Crippen LogP contribution in [0.25, 0.3) is 0 Å². The summed E-state index contributed by atoms with van der Waals surface area (Å²) in [5.74, 6) is -0.335. The van der Waals surface area contributed by atoms with Gasteiger partial charge in [0.15, 0.2) is 0 Å². The number of ether oxygens (including phenoxy) is 1. The van der Waals surface area contributed by atoms with Crippen molar-refractivity contribution in [2.75, 3.05) is 6.61 Å². The molecule has 1 aliphatic rings. The summed E-state index contributed by atoms with van der Waals surface area (Å²) >= 11 is 0. The van der Waals surface area contributed by atoms with Gasteiger partial charge in [-0.25, -0.2) is 4.79 Å². The molecule has 0 heterocycles. The Kier molecular flexibility index (Phi) is 4.76. The van der Waals surface area contributed by atoms with E-state index in [1.807, 2.05) is 0 Å². The smallest absolute Gasteiger partial charge is 0.330 e. The number of rotatable bonds is 5. The minimum atomic E-state index is -0.335. The third-order valence-electron chi connectivity index (χ3n) is 2.09. The molecule has 0 bridgehead atoms. The van der Waals surface area contributed by atoms with Crippen LogP contribution in [0.15, 0.2) is 36.5 Å². The van der Waals surface area contributed by atoms with Crippen molar-refractivity contribution in [2.45, 2.75) is 25.7 Å². The molecule has 0 aromatic carbocycles. The Bertz CT molecular complexity index is 261. The Labute approximate surface area is 85.0 Å². The van der Waals surface area contributed by atoms with Crippen molar-refractivity contribution < 1.29 is 9.53 Å². The zero-order chi connectivity index (χ0) is 10.2. The highest BCUT2D eigenvalue weighted by molar-refractivity contribution is 5.81. The van der Waals surface area contributed by atoms with Gasteiger partial charge >= 0.3 is 5.97 Å². The van der Waals surface area contributed by atoms with Crippen LogP contribution in [0.2, 0.25) is 0 Å². The van der Waals surface area contributed by atoms with Crippen molar-refractivity contribution in [3.8, 4) is 0 Å². The molecule has 0 aromatic rings. The van der Waals surface area contributed by atoms with Crippen LogP contribution in [0, 0.1) is 0 Å². The van der Waals surface area contributed by atoms with Crippen molar-refractivity contribution in [1.29, 1.82) is 0 Å². The molecular formula is C12H16O2. The second-order valence-corrected chi connectivity index (χ2v) is 3.23. The van der Waals surface area contributed by atoms with Crippen LogP contribution in [0.3, 0.4) is 0 Å². The van der Waals surface area contributed by atoms with Gasteiger partial charge in [-0.15, -0.1) is 0 Å². The molecule has 0 radical (unpaired) electrons. The molecule has 0 fully saturated rings. The van der Waals surface area contributed by atoms with E-state index in [-0.39, 0.29) is 5.97 Å². The molecule has 2 heteroatoms. The van der Waals surface area contributed by atoms with Gasteiger partial charge in [-0.3, -0.25) is 0 Å². The second-order valence-electron chi connectivity index (χ2n) is 3.23. The molecule has 0 saturated carbocycles. The van der Waals surface area contributed by atoms with Gasteiger partial charge in [0.2, 0.25) is 0 Å². The van der Waals surface area contributed by atoms with E-state index in [0.717, 1.165) is 25.7 Å². The normalized spacial score (nSPS) is 14.7. The molecule has 1 rings (SSSR count). The number of hydrogen-bond acceptors (Lipinski definition) is 2. The molecule has 0 aromatic heterocycles. The molecule has 76 valence electrons. The van der Waals surface area contributed by atoms with Gasteiger partial charge in [-0.1, -0.05) is 30.4 Å². The van der Waals surface area contributed by atoms with Gasteiger partial charge in [0, 0.05) is 6.08 Å². The summed E-state index contributed by atoms with van der Waals surface area (Å²) in [6, 6.07) is 0. The molecule has 0 spiro atoms. The summed E-state index contributed by atoms with van der Waals surface area (Å²) in [6.07, 6.45) is 11.9. The fourth-order valence-corrected chi connectivity index (χ4v) is 1.36. The molecule has 0 atom stereocenters. The Morgan fingerprint density at radius 1 is 1.57 bits per heavy atom. The van der Waals surface area contributed by atoms with Gasteiger partial charge in [0.05, 0.1) is 6.61 Å². The lowest BCUT2D eigenvalue weighted by molar-refractivity contribution is -0.137. The third kappa shape index (κ3) is 4.08. The Morgan fingerprint density at radius 3 is 3.07 bits per heavy atom. The lowest BCUT2D eigenvalue weighted by Gasteiger charge is -2.06. The van der Waals surface area contributed by atoms with Gasteiger partial charge < -0.3 is 4.74 Å². The van der Waals surface area contributed by atoms with E-state index in [9.17, 15) is 4.79 Å². The summed E-state index contributed by atoms with van der Waals surface area (Å²) in [5, 5.41) is 0. The van der Waals surface area contributed by atoms with E-state index in [1.54, 1.807) is 0 Å². The van der Waals surface area contributed by atoms with Crippen LogP contribution < -0.4 is 0 Å². The summed E-state index contributed by atoms with van der Waals surface area (Å²) in [4.78, 5) is 10.7. The first kappa shape index (κ1) is 10.8. The van der Waals surface area contributed by atoms with Gasteiger partial charge in [0.1, 0.15) is 0 Å². The van der Waals surface area contributed by atoms with Crippen LogP contribution in [0.4, 0.5) is 0 Å². The lowest BCUT2D eigenvalue weighted by Crippen LogP contribution is -2.02. The molecular weight excluding hydrogens is 176 g/mol. The zero-order valence-corrected chi connectivity index (χ0v) is 8.37. The van der Waals surface area contributed by atoms with Crippen molar-refractivity contribution in [3.63, 3.8) is 0 Å². The largest absolute Gasteiger partial charge is 0.463 e. The molecule has 0 unspecified atom stereocenters. The number of carbonyl (C=O) groups excluding carboxylic acids is 1. The minimum absolute atomic E-state index is 0.335. The average molecular weight is 192 g/mol. The Hall–Kier alpha value is -1.31. The highest BCUT2D eigenvalue weighted by Crippen LogP contribution is 2.14. The van der Waals surface area contributed by atoms with E-state index < -0.39 is 0 Å². The van der Waals surface area contributed by atoms with Gasteiger partial charge in [0.25, 0.3) is 0 Å². The van der Waals surface area contributed by atoms with E-state index in [2.05, 4.69) is 24.8 Å². The SMILES string of the molecule is C=CC(=O)OCCCC1=CCCC=C1.